The lowest BCUT2D eigenvalue weighted by atomic mass is 10.1. The van der Waals surface area contributed by atoms with E-state index >= 15 is 0 Å². The zero-order valence-electron chi connectivity index (χ0n) is 7.97. The van der Waals surface area contributed by atoms with Crippen LogP contribution >= 0.6 is 0 Å². The first-order valence-corrected chi connectivity index (χ1v) is 4.07. The maximum Gasteiger partial charge on any atom is 0.328 e. The van der Waals surface area contributed by atoms with E-state index in [2.05, 4.69) is 0 Å². The highest BCUT2D eigenvalue weighted by Crippen LogP contribution is 2.24. The summed E-state index contributed by atoms with van der Waals surface area (Å²) in [4.78, 5) is 10.2. The summed E-state index contributed by atoms with van der Waals surface area (Å²) in [5.74, 6) is -9.43. The van der Waals surface area contributed by atoms with Crippen LogP contribution < -0.4 is 0 Å². The Bertz CT molecular complexity index is 561. The van der Waals surface area contributed by atoms with Crippen LogP contribution in [0, 0.1) is 34.6 Å². The monoisotopic (exact) mass is 245 g/mol. The quantitative estimate of drug-likeness (QED) is 0.376. The minimum Gasteiger partial charge on any atom is -0.478 e. The van der Waals surface area contributed by atoms with E-state index in [4.69, 9.17) is 10.4 Å². The third-order valence-electron chi connectivity index (χ3n) is 1.81. The largest absolute Gasteiger partial charge is 0.478 e. The lowest BCUT2D eigenvalue weighted by molar-refractivity contribution is -0.131. The first-order chi connectivity index (χ1) is 7.90. The van der Waals surface area contributed by atoms with Crippen molar-refractivity contribution in [2.45, 2.75) is 0 Å². The van der Waals surface area contributed by atoms with Gasteiger partial charge in [0.2, 0.25) is 0 Å². The number of nitrogens with zero attached hydrogens (tertiary/aromatic N) is 1. The van der Waals surface area contributed by atoms with Crippen LogP contribution in [0.5, 0.6) is 0 Å². The second kappa shape index (κ2) is 4.65. The van der Waals surface area contributed by atoms with Crippen LogP contribution in [-0.4, -0.2) is 11.1 Å². The van der Waals surface area contributed by atoms with Gasteiger partial charge in [-0.1, -0.05) is 0 Å². The molecule has 0 bridgehead atoms. The molecule has 0 aliphatic carbocycles. The van der Waals surface area contributed by atoms with Gasteiger partial charge in [-0.05, 0) is 6.08 Å². The standard InChI is InChI=1S/C10H3F4NO2/c11-7-4(1-2-6(16)17)5(3-15)8(12)10(14)9(7)13/h1-2H,(H,16,17)/b2-1+. The van der Waals surface area contributed by atoms with Crippen molar-refractivity contribution >= 4 is 12.0 Å². The summed E-state index contributed by atoms with van der Waals surface area (Å²) in [6.45, 7) is 0. The lowest BCUT2D eigenvalue weighted by Crippen LogP contribution is -2.04. The molecule has 7 heteroatoms. The first-order valence-electron chi connectivity index (χ1n) is 4.07. The second-order valence-electron chi connectivity index (χ2n) is 2.83. The summed E-state index contributed by atoms with van der Waals surface area (Å²) in [5.41, 5.74) is -2.05. The van der Waals surface area contributed by atoms with Gasteiger partial charge in [0.25, 0.3) is 0 Å². The van der Waals surface area contributed by atoms with Crippen LogP contribution in [0.25, 0.3) is 6.08 Å². The molecule has 0 atom stereocenters. The van der Waals surface area contributed by atoms with Gasteiger partial charge < -0.3 is 5.11 Å². The Hall–Kier alpha value is -2.36. The number of benzene rings is 1. The van der Waals surface area contributed by atoms with Gasteiger partial charge in [-0.2, -0.15) is 5.26 Å². The normalized spacial score (nSPS) is 10.5. The summed E-state index contributed by atoms with van der Waals surface area (Å²) in [6.07, 6.45) is 0.845. The van der Waals surface area contributed by atoms with E-state index in [1.807, 2.05) is 0 Å². The van der Waals surface area contributed by atoms with Gasteiger partial charge in [-0.3, -0.25) is 0 Å². The van der Waals surface area contributed by atoms with Gasteiger partial charge in [-0.25, -0.2) is 22.4 Å². The van der Waals surface area contributed by atoms with E-state index in [1.54, 1.807) is 0 Å². The minimum atomic E-state index is -2.12. The number of nitriles is 1. The second-order valence-corrected chi connectivity index (χ2v) is 2.83. The van der Waals surface area contributed by atoms with Crippen LogP contribution in [0.3, 0.4) is 0 Å². The molecule has 0 heterocycles. The lowest BCUT2D eigenvalue weighted by Gasteiger charge is -2.04. The molecular weight excluding hydrogens is 242 g/mol. The molecule has 0 amide bonds. The van der Waals surface area contributed by atoms with Crippen molar-refractivity contribution in [1.82, 2.24) is 0 Å². The van der Waals surface area contributed by atoms with Crippen molar-refractivity contribution in [2.75, 3.05) is 0 Å². The minimum absolute atomic E-state index is 0.371. The molecule has 0 spiro atoms. The third kappa shape index (κ3) is 2.25. The Labute approximate surface area is 92.2 Å². The molecule has 0 unspecified atom stereocenters. The van der Waals surface area contributed by atoms with Gasteiger partial charge in [0.1, 0.15) is 11.6 Å². The highest BCUT2D eigenvalue weighted by atomic mass is 19.2. The predicted octanol–water partition coefficient (Wildman–Crippen LogP) is 2.21. The van der Waals surface area contributed by atoms with Gasteiger partial charge in [0.05, 0.1) is 0 Å². The Morgan fingerprint density at radius 1 is 1.12 bits per heavy atom. The van der Waals surface area contributed by atoms with Crippen molar-refractivity contribution < 1.29 is 27.5 Å². The molecular formula is C10H3F4NO2. The van der Waals surface area contributed by atoms with Crippen LogP contribution in [0.2, 0.25) is 0 Å². The zero-order valence-corrected chi connectivity index (χ0v) is 7.97. The Balaban J connectivity index is 3.59. The highest BCUT2D eigenvalue weighted by molar-refractivity contribution is 5.86. The number of rotatable bonds is 2. The average Bonchev–Trinajstić information content (AvgIpc) is 2.29. The van der Waals surface area contributed by atoms with Gasteiger partial charge in [0, 0.05) is 11.6 Å². The molecule has 17 heavy (non-hydrogen) atoms. The summed E-state index contributed by atoms with van der Waals surface area (Å²) < 4.78 is 51.8. The summed E-state index contributed by atoms with van der Waals surface area (Å²) in [7, 11) is 0. The summed E-state index contributed by atoms with van der Waals surface area (Å²) in [6, 6.07) is 1.13. The fourth-order valence-electron chi connectivity index (χ4n) is 1.07. The summed E-state index contributed by atoms with van der Waals surface area (Å²) >= 11 is 0. The van der Waals surface area contributed by atoms with Crippen molar-refractivity contribution in [3.8, 4) is 6.07 Å². The molecule has 3 nitrogen and oxygen atoms in total. The Morgan fingerprint density at radius 2 is 1.65 bits per heavy atom. The molecule has 1 aromatic rings. The van der Waals surface area contributed by atoms with E-state index in [-0.39, 0.29) is 0 Å². The van der Waals surface area contributed by atoms with E-state index in [9.17, 15) is 22.4 Å². The molecule has 0 aliphatic rings. The molecule has 0 aromatic heterocycles. The van der Waals surface area contributed by atoms with Crippen molar-refractivity contribution in [2.24, 2.45) is 0 Å². The molecule has 0 fully saturated rings. The number of carbonyl (C=O) groups is 1. The van der Waals surface area contributed by atoms with Gasteiger partial charge >= 0.3 is 5.97 Å². The predicted molar refractivity (Wildman–Crippen MR) is 47.7 cm³/mol. The number of carboxylic acid groups (broad SMARTS) is 1. The van der Waals surface area contributed by atoms with Crippen molar-refractivity contribution in [1.29, 1.82) is 5.26 Å². The van der Waals surface area contributed by atoms with Gasteiger partial charge in [-0.15, -0.1) is 0 Å². The maximum absolute atomic E-state index is 13.2. The van der Waals surface area contributed by atoms with Crippen LogP contribution in [0.4, 0.5) is 17.6 Å². The molecule has 0 radical (unpaired) electrons. The topological polar surface area (TPSA) is 61.1 Å². The molecule has 1 rings (SSSR count). The highest BCUT2D eigenvalue weighted by Gasteiger charge is 2.23. The van der Waals surface area contributed by atoms with E-state index in [0.29, 0.717) is 12.2 Å². The van der Waals surface area contributed by atoms with Crippen LogP contribution in [0.1, 0.15) is 11.1 Å². The number of aliphatic carboxylic acids is 1. The molecule has 88 valence electrons. The first kappa shape index (κ1) is 12.7. The number of hydrogen-bond donors (Lipinski definition) is 1. The number of halogens is 4. The smallest absolute Gasteiger partial charge is 0.328 e. The van der Waals surface area contributed by atoms with Crippen molar-refractivity contribution in [3.05, 3.63) is 40.5 Å². The van der Waals surface area contributed by atoms with Crippen LogP contribution in [-0.2, 0) is 4.79 Å². The molecule has 1 N–H and O–H groups in total. The van der Waals surface area contributed by atoms with Gasteiger partial charge in [0.15, 0.2) is 23.3 Å². The molecule has 0 aliphatic heterocycles. The average molecular weight is 245 g/mol. The number of carboxylic acids is 1. The fourth-order valence-corrected chi connectivity index (χ4v) is 1.07. The van der Waals surface area contributed by atoms with E-state index in [0.717, 1.165) is 6.07 Å². The van der Waals surface area contributed by atoms with Crippen LogP contribution in [0.15, 0.2) is 6.08 Å². The molecule has 0 saturated heterocycles. The maximum atomic E-state index is 13.2. The van der Waals surface area contributed by atoms with E-state index < -0.39 is 40.4 Å². The van der Waals surface area contributed by atoms with E-state index in [1.165, 1.54) is 0 Å². The Morgan fingerprint density at radius 3 is 2.12 bits per heavy atom. The zero-order chi connectivity index (χ0) is 13.2. The SMILES string of the molecule is N#Cc1c(F)c(F)c(F)c(F)c1/C=C/C(=O)O. The van der Waals surface area contributed by atoms with Crippen molar-refractivity contribution in [3.63, 3.8) is 0 Å². The number of hydrogen-bond acceptors (Lipinski definition) is 2. The Kier molecular flexibility index (Phi) is 3.48. The molecule has 1 aromatic carbocycles. The third-order valence-corrected chi connectivity index (χ3v) is 1.81. The summed E-state index contributed by atoms with van der Waals surface area (Å²) in [5, 5.41) is 16.7. The molecule has 0 saturated carbocycles. The fraction of sp³-hybridized carbons (Fsp3) is 0.